The molecule has 5 heteroatoms. The predicted octanol–water partition coefficient (Wildman–Crippen LogP) is 3.68. The molecule has 3 aromatic rings. The van der Waals surface area contributed by atoms with E-state index in [-0.39, 0.29) is 11.1 Å². The summed E-state index contributed by atoms with van der Waals surface area (Å²) >= 11 is 0. The molecule has 0 aliphatic rings. The van der Waals surface area contributed by atoms with Gasteiger partial charge in [0.2, 0.25) is 0 Å². The first-order valence-corrected chi connectivity index (χ1v) is 6.34. The summed E-state index contributed by atoms with van der Waals surface area (Å²) < 4.78 is 5.71. The van der Waals surface area contributed by atoms with Crippen LogP contribution in [0.1, 0.15) is 5.56 Å². The maximum absolute atomic E-state index is 12.1. The van der Waals surface area contributed by atoms with E-state index in [2.05, 4.69) is 0 Å². The topological polar surface area (TPSA) is 73.3 Å². The molecule has 0 atom stereocenters. The summed E-state index contributed by atoms with van der Waals surface area (Å²) in [6.45, 7) is 1.65. The van der Waals surface area contributed by atoms with E-state index in [0.717, 1.165) is 0 Å². The number of fused-ring (bicyclic) bond motifs is 1. The second kappa shape index (κ2) is 4.86. The number of aryl methyl sites for hydroxylation is 1. The molecule has 0 fully saturated rings. The fourth-order valence-electron chi connectivity index (χ4n) is 2.26. The zero-order chi connectivity index (χ0) is 15.0. The van der Waals surface area contributed by atoms with Crippen LogP contribution < -0.4 is 5.43 Å². The second-order valence-corrected chi connectivity index (χ2v) is 4.73. The quantitative estimate of drug-likeness (QED) is 0.530. The maximum Gasteiger partial charge on any atom is 0.272 e. The lowest BCUT2D eigenvalue weighted by Crippen LogP contribution is -2.00. The fourth-order valence-corrected chi connectivity index (χ4v) is 2.26. The lowest BCUT2D eigenvalue weighted by molar-refractivity contribution is -0.385. The van der Waals surface area contributed by atoms with Gasteiger partial charge in [0.05, 0.1) is 10.3 Å². The van der Waals surface area contributed by atoms with E-state index in [0.29, 0.717) is 27.9 Å². The highest BCUT2D eigenvalue weighted by Crippen LogP contribution is 2.27. The number of para-hydroxylation sites is 1. The highest BCUT2D eigenvalue weighted by molar-refractivity contribution is 5.78. The summed E-state index contributed by atoms with van der Waals surface area (Å²) in [5.74, 6) is 0.400. The Labute approximate surface area is 119 Å². The number of benzene rings is 2. The van der Waals surface area contributed by atoms with Crippen LogP contribution in [0.2, 0.25) is 0 Å². The molecule has 0 spiro atoms. The summed E-state index contributed by atoms with van der Waals surface area (Å²) in [4.78, 5) is 22.5. The minimum atomic E-state index is -0.435. The van der Waals surface area contributed by atoms with Crippen molar-refractivity contribution in [2.24, 2.45) is 0 Å². The highest BCUT2D eigenvalue weighted by Gasteiger charge is 2.13. The van der Waals surface area contributed by atoms with Gasteiger partial charge in [0.1, 0.15) is 11.3 Å². The van der Waals surface area contributed by atoms with E-state index in [1.807, 2.05) is 0 Å². The van der Waals surface area contributed by atoms with Gasteiger partial charge in [-0.15, -0.1) is 0 Å². The van der Waals surface area contributed by atoms with Crippen LogP contribution in [0.25, 0.3) is 22.3 Å². The summed E-state index contributed by atoms with van der Waals surface area (Å²) in [5.41, 5.74) is 1.56. The molecule has 0 amide bonds. The molecule has 0 saturated carbocycles. The zero-order valence-electron chi connectivity index (χ0n) is 11.2. The van der Waals surface area contributed by atoms with E-state index >= 15 is 0 Å². The van der Waals surface area contributed by atoms with Crippen LogP contribution in [0.5, 0.6) is 0 Å². The first-order valence-electron chi connectivity index (χ1n) is 6.34. The van der Waals surface area contributed by atoms with E-state index in [1.165, 1.54) is 12.1 Å². The Morgan fingerprint density at radius 3 is 2.57 bits per heavy atom. The molecule has 0 bridgehead atoms. The van der Waals surface area contributed by atoms with E-state index in [1.54, 1.807) is 43.3 Å². The standard InChI is InChI=1S/C16H11NO4/c1-10-8-11(6-7-13(10)17(19)20)16-9-14(18)12-4-2-3-5-15(12)21-16/h2-9H,1H3. The predicted molar refractivity (Wildman–Crippen MR) is 79.3 cm³/mol. The number of nitrogens with zero attached hydrogens (tertiary/aromatic N) is 1. The van der Waals surface area contributed by atoms with Gasteiger partial charge in [0, 0.05) is 23.3 Å². The first-order chi connectivity index (χ1) is 10.1. The van der Waals surface area contributed by atoms with Crippen molar-refractivity contribution >= 4 is 16.7 Å². The average molecular weight is 281 g/mol. The van der Waals surface area contributed by atoms with Gasteiger partial charge in [-0.3, -0.25) is 14.9 Å². The molecule has 3 rings (SSSR count). The van der Waals surface area contributed by atoms with Gasteiger partial charge < -0.3 is 4.42 Å². The summed E-state index contributed by atoms with van der Waals surface area (Å²) in [6, 6.07) is 13.0. The Morgan fingerprint density at radius 1 is 1.10 bits per heavy atom. The summed E-state index contributed by atoms with van der Waals surface area (Å²) in [5, 5.41) is 11.3. The number of nitro benzene ring substituents is 1. The molecule has 2 aromatic carbocycles. The Hall–Kier alpha value is -2.95. The van der Waals surface area contributed by atoms with Gasteiger partial charge in [-0.25, -0.2) is 0 Å². The van der Waals surface area contributed by atoms with E-state index in [9.17, 15) is 14.9 Å². The third-order valence-electron chi connectivity index (χ3n) is 3.31. The second-order valence-electron chi connectivity index (χ2n) is 4.73. The zero-order valence-corrected chi connectivity index (χ0v) is 11.2. The molecule has 0 aliphatic heterocycles. The molecule has 0 radical (unpaired) electrons. The minimum Gasteiger partial charge on any atom is -0.456 e. The van der Waals surface area contributed by atoms with Gasteiger partial charge in [-0.2, -0.15) is 0 Å². The Morgan fingerprint density at radius 2 is 1.86 bits per heavy atom. The van der Waals surface area contributed by atoms with Gasteiger partial charge >= 0.3 is 0 Å². The molecule has 5 nitrogen and oxygen atoms in total. The molecule has 1 aromatic heterocycles. The fraction of sp³-hybridized carbons (Fsp3) is 0.0625. The summed E-state index contributed by atoms with van der Waals surface area (Å²) in [6.07, 6.45) is 0. The highest BCUT2D eigenvalue weighted by atomic mass is 16.6. The largest absolute Gasteiger partial charge is 0.456 e. The van der Waals surface area contributed by atoms with Crippen molar-refractivity contribution < 1.29 is 9.34 Å². The first kappa shape index (κ1) is 13.1. The molecular formula is C16H11NO4. The van der Waals surface area contributed by atoms with Crippen molar-refractivity contribution in [3.8, 4) is 11.3 Å². The van der Waals surface area contributed by atoms with Crippen molar-refractivity contribution in [3.63, 3.8) is 0 Å². The lowest BCUT2D eigenvalue weighted by atomic mass is 10.1. The van der Waals surface area contributed by atoms with Crippen LogP contribution in [0, 0.1) is 17.0 Å². The van der Waals surface area contributed by atoms with Crippen molar-refractivity contribution in [1.29, 1.82) is 0 Å². The number of rotatable bonds is 2. The number of hydrogen-bond acceptors (Lipinski definition) is 4. The molecule has 0 unspecified atom stereocenters. The van der Waals surface area contributed by atoms with Crippen LogP contribution in [0.15, 0.2) is 57.7 Å². The van der Waals surface area contributed by atoms with Crippen LogP contribution in [-0.4, -0.2) is 4.92 Å². The normalized spacial score (nSPS) is 10.7. The van der Waals surface area contributed by atoms with Gasteiger partial charge in [-0.05, 0) is 31.2 Å². The third-order valence-corrected chi connectivity index (χ3v) is 3.31. The Bertz CT molecular complexity index is 912. The van der Waals surface area contributed by atoms with Crippen molar-refractivity contribution in [3.05, 3.63) is 74.4 Å². The van der Waals surface area contributed by atoms with Crippen LogP contribution in [0.3, 0.4) is 0 Å². The Kier molecular flexibility index (Phi) is 3.02. The molecule has 104 valence electrons. The monoisotopic (exact) mass is 281 g/mol. The van der Waals surface area contributed by atoms with Crippen molar-refractivity contribution in [1.82, 2.24) is 0 Å². The molecule has 0 saturated heterocycles. The SMILES string of the molecule is Cc1cc(-c2cc(=O)c3ccccc3o2)ccc1[N+](=O)[O-]. The van der Waals surface area contributed by atoms with Gasteiger partial charge in [-0.1, -0.05) is 12.1 Å². The molecular weight excluding hydrogens is 270 g/mol. The van der Waals surface area contributed by atoms with Crippen LogP contribution >= 0.6 is 0 Å². The average Bonchev–Trinajstić information content (AvgIpc) is 2.46. The smallest absolute Gasteiger partial charge is 0.272 e. The van der Waals surface area contributed by atoms with Gasteiger partial charge in [0.25, 0.3) is 5.69 Å². The Balaban J connectivity index is 2.19. The lowest BCUT2D eigenvalue weighted by Gasteiger charge is -2.04. The maximum atomic E-state index is 12.1. The van der Waals surface area contributed by atoms with Gasteiger partial charge in [0.15, 0.2) is 5.43 Å². The number of nitro groups is 1. The summed E-state index contributed by atoms with van der Waals surface area (Å²) in [7, 11) is 0. The third kappa shape index (κ3) is 2.29. The van der Waals surface area contributed by atoms with E-state index in [4.69, 9.17) is 4.42 Å². The number of hydrogen-bond donors (Lipinski definition) is 0. The van der Waals surface area contributed by atoms with Crippen LogP contribution in [-0.2, 0) is 0 Å². The molecule has 21 heavy (non-hydrogen) atoms. The molecule has 0 aliphatic carbocycles. The van der Waals surface area contributed by atoms with Crippen molar-refractivity contribution in [2.75, 3.05) is 0 Å². The van der Waals surface area contributed by atoms with E-state index < -0.39 is 4.92 Å². The van der Waals surface area contributed by atoms with Crippen LogP contribution in [0.4, 0.5) is 5.69 Å². The molecule has 0 N–H and O–H groups in total. The molecule has 1 heterocycles. The van der Waals surface area contributed by atoms with Crippen molar-refractivity contribution in [2.45, 2.75) is 6.92 Å². The minimum absolute atomic E-state index is 0.0434.